The standard InChI is InChI=1S/C20H20F2N2O2/c1-12(2)14-6-3-4-9-17(14)24-11-13(10-18(24)25)20(26)23-19-15(21)7-5-8-16(19)22/h3-9,12-13H,10-11H2,1-2H3,(H,23,26). The average molecular weight is 358 g/mol. The van der Waals surface area contributed by atoms with E-state index in [-0.39, 0.29) is 24.8 Å². The molecule has 0 aliphatic carbocycles. The van der Waals surface area contributed by atoms with Gasteiger partial charge in [-0.15, -0.1) is 0 Å². The SMILES string of the molecule is CC(C)c1ccccc1N1CC(C(=O)Nc2c(F)cccc2F)CC1=O. The fraction of sp³-hybridized carbons (Fsp3) is 0.300. The molecule has 1 aliphatic rings. The second-order valence-corrected chi connectivity index (χ2v) is 6.70. The van der Waals surface area contributed by atoms with Crippen molar-refractivity contribution in [2.45, 2.75) is 26.2 Å². The fourth-order valence-electron chi connectivity index (χ4n) is 3.18. The molecule has 4 nitrogen and oxygen atoms in total. The van der Waals surface area contributed by atoms with Crippen LogP contribution in [0.1, 0.15) is 31.7 Å². The Morgan fingerprint density at radius 3 is 2.42 bits per heavy atom. The summed E-state index contributed by atoms with van der Waals surface area (Å²) in [5, 5.41) is 2.28. The highest BCUT2D eigenvalue weighted by atomic mass is 19.1. The van der Waals surface area contributed by atoms with Crippen LogP contribution in [-0.2, 0) is 9.59 Å². The Bertz CT molecular complexity index is 831. The molecule has 1 saturated heterocycles. The van der Waals surface area contributed by atoms with Gasteiger partial charge in [0.25, 0.3) is 0 Å². The quantitative estimate of drug-likeness (QED) is 0.895. The van der Waals surface area contributed by atoms with E-state index in [9.17, 15) is 18.4 Å². The summed E-state index contributed by atoms with van der Waals surface area (Å²) in [5.41, 5.74) is 1.31. The van der Waals surface area contributed by atoms with Crippen LogP contribution in [0.2, 0.25) is 0 Å². The molecule has 1 fully saturated rings. The second kappa shape index (κ2) is 7.23. The van der Waals surface area contributed by atoms with Gasteiger partial charge in [-0.1, -0.05) is 38.1 Å². The number of hydrogen-bond donors (Lipinski definition) is 1. The smallest absolute Gasteiger partial charge is 0.229 e. The summed E-state index contributed by atoms with van der Waals surface area (Å²) in [5.74, 6) is -2.87. The Morgan fingerprint density at radius 1 is 1.12 bits per heavy atom. The Labute approximate surface area is 150 Å². The summed E-state index contributed by atoms with van der Waals surface area (Å²) in [6, 6.07) is 10.9. The van der Waals surface area contributed by atoms with Crippen LogP contribution in [0.5, 0.6) is 0 Å². The summed E-state index contributed by atoms with van der Waals surface area (Å²) in [7, 11) is 0. The van der Waals surface area contributed by atoms with Gasteiger partial charge < -0.3 is 10.2 Å². The van der Waals surface area contributed by atoms with Crippen LogP contribution < -0.4 is 10.2 Å². The molecule has 0 radical (unpaired) electrons. The lowest BCUT2D eigenvalue weighted by Gasteiger charge is -2.22. The molecule has 2 amide bonds. The molecule has 1 heterocycles. The van der Waals surface area contributed by atoms with Crippen molar-refractivity contribution in [1.29, 1.82) is 0 Å². The van der Waals surface area contributed by atoms with Crippen molar-refractivity contribution >= 4 is 23.2 Å². The minimum absolute atomic E-state index is 0.00827. The first-order chi connectivity index (χ1) is 12.4. The van der Waals surface area contributed by atoms with E-state index in [1.54, 1.807) is 4.90 Å². The van der Waals surface area contributed by atoms with Crippen LogP contribution in [0.15, 0.2) is 42.5 Å². The number of carbonyl (C=O) groups excluding carboxylic acids is 2. The highest BCUT2D eigenvalue weighted by Gasteiger charge is 2.36. The summed E-state index contributed by atoms with van der Waals surface area (Å²) >= 11 is 0. The lowest BCUT2D eigenvalue weighted by Crippen LogP contribution is -2.29. The van der Waals surface area contributed by atoms with Gasteiger partial charge in [0.1, 0.15) is 17.3 Å². The van der Waals surface area contributed by atoms with E-state index in [0.29, 0.717) is 0 Å². The van der Waals surface area contributed by atoms with Crippen LogP contribution in [0.3, 0.4) is 0 Å². The van der Waals surface area contributed by atoms with E-state index >= 15 is 0 Å². The third-order valence-corrected chi connectivity index (χ3v) is 4.56. The lowest BCUT2D eigenvalue weighted by atomic mass is 10.0. The maximum atomic E-state index is 13.7. The molecule has 0 spiro atoms. The van der Waals surface area contributed by atoms with E-state index in [1.165, 1.54) is 6.07 Å². The molecule has 1 atom stereocenters. The third kappa shape index (κ3) is 3.45. The van der Waals surface area contributed by atoms with Gasteiger partial charge in [-0.05, 0) is 29.7 Å². The molecule has 0 saturated carbocycles. The molecule has 1 N–H and O–H groups in total. The number of anilines is 2. The third-order valence-electron chi connectivity index (χ3n) is 4.56. The normalized spacial score (nSPS) is 17.0. The molecule has 136 valence electrons. The largest absolute Gasteiger partial charge is 0.321 e. The zero-order valence-corrected chi connectivity index (χ0v) is 14.6. The molecule has 6 heteroatoms. The minimum atomic E-state index is -0.843. The summed E-state index contributed by atoms with van der Waals surface area (Å²) in [4.78, 5) is 26.5. The molecule has 26 heavy (non-hydrogen) atoms. The van der Waals surface area contributed by atoms with Gasteiger partial charge in [0.15, 0.2) is 0 Å². The average Bonchev–Trinajstić information content (AvgIpc) is 3.00. The van der Waals surface area contributed by atoms with Crippen LogP contribution in [0, 0.1) is 17.6 Å². The molecule has 1 unspecified atom stereocenters. The van der Waals surface area contributed by atoms with Gasteiger partial charge in [-0.3, -0.25) is 9.59 Å². The van der Waals surface area contributed by atoms with Crippen LogP contribution >= 0.6 is 0 Å². The number of benzene rings is 2. The van der Waals surface area contributed by atoms with Gasteiger partial charge in [0.2, 0.25) is 11.8 Å². The first-order valence-electron chi connectivity index (χ1n) is 8.52. The van der Waals surface area contributed by atoms with Crippen LogP contribution in [0.25, 0.3) is 0 Å². The van der Waals surface area contributed by atoms with E-state index in [2.05, 4.69) is 5.32 Å². The first kappa shape index (κ1) is 18.0. The molecule has 3 rings (SSSR count). The zero-order chi connectivity index (χ0) is 18.8. The number of para-hydroxylation sites is 2. The summed E-state index contributed by atoms with van der Waals surface area (Å²) in [6.45, 7) is 4.25. The van der Waals surface area contributed by atoms with Crippen molar-refractivity contribution in [3.63, 3.8) is 0 Å². The molecule has 1 aliphatic heterocycles. The Hall–Kier alpha value is -2.76. The van der Waals surface area contributed by atoms with E-state index in [4.69, 9.17) is 0 Å². The monoisotopic (exact) mass is 358 g/mol. The Balaban J connectivity index is 1.79. The summed E-state index contributed by atoms with van der Waals surface area (Å²) < 4.78 is 27.5. The number of halogens is 2. The van der Waals surface area contributed by atoms with Crippen LogP contribution in [0.4, 0.5) is 20.2 Å². The number of carbonyl (C=O) groups is 2. The van der Waals surface area contributed by atoms with E-state index < -0.39 is 29.1 Å². The van der Waals surface area contributed by atoms with Crippen molar-refractivity contribution in [1.82, 2.24) is 0 Å². The van der Waals surface area contributed by atoms with Crippen molar-refractivity contribution in [2.75, 3.05) is 16.8 Å². The number of nitrogens with one attached hydrogen (secondary N) is 1. The zero-order valence-electron chi connectivity index (χ0n) is 14.6. The van der Waals surface area contributed by atoms with Gasteiger partial charge in [0, 0.05) is 18.7 Å². The van der Waals surface area contributed by atoms with Crippen molar-refractivity contribution in [2.24, 2.45) is 5.92 Å². The van der Waals surface area contributed by atoms with Crippen molar-refractivity contribution in [3.05, 3.63) is 59.7 Å². The lowest BCUT2D eigenvalue weighted by molar-refractivity contribution is -0.122. The molecular weight excluding hydrogens is 338 g/mol. The first-order valence-corrected chi connectivity index (χ1v) is 8.52. The van der Waals surface area contributed by atoms with Gasteiger partial charge in [-0.2, -0.15) is 0 Å². The molecular formula is C20H20F2N2O2. The number of hydrogen-bond acceptors (Lipinski definition) is 2. The molecule has 0 bridgehead atoms. The fourth-order valence-corrected chi connectivity index (χ4v) is 3.18. The highest BCUT2D eigenvalue weighted by Crippen LogP contribution is 2.32. The van der Waals surface area contributed by atoms with E-state index in [1.807, 2.05) is 38.1 Å². The summed E-state index contributed by atoms with van der Waals surface area (Å²) in [6.07, 6.45) is 0.00827. The molecule has 2 aromatic rings. The molecule has 0 aromatic heterocycles. The Kier molecular flexibility index (Phi) is 5.02. The topological polar surface area (TPSA) is 49.4 Å². The van der Waals surface area contributed by atoms with Crippen molar-refractivity contribution < 1.29 is 18.4 Å². The second-order valence-electron chi connectivity index (χ2n) is 6.70. The maximum absolute atomic E-state index is 13.7. The van der Waals surface area contributed by atoms with Gasteiger partial charge in [-0.25, -0.2) is 8.78 Å². The van der Waals surface area contributed by atoms with E-state index in [0.717, 1.165) is 23.4 Å². The number of nitrogens with zero attached hydrogens (tertiary/aromatic N) is 1. The number of rotatable bonds is 4. The molecule has 2 aromatic carbocycles. The number of amides is 2. The van der Waals surface area contributed by atoms with Gasteiger partial charge in [0.05, 0.1) is 5.92 Å². The van der Waals surface area contributed by atoms with Crippen LogP contribution in [-0.4, -0.2) is 18.4 Å². The highest BCUT2D eigenvalue weighted by molar-refractivity contribution is 6.04. The Morgan fingerprint density at radius 2 is 1.77 bits per heavy atom. The predicted molar refractivity (Wildman–Crippen MR) is 96.0 cm³/mol. The predicted octanol–water partition coefficient (Wildman–Crippen LogP) is 4.08. The van der Waals surface area contributed by atoms with Crippen molar-refractivity contribution in [3.8, 4) is 0 Å². The minimum Gasteiger partial charge on any atom is -0.321 e. The maximum Gasteiger partial charge on any atom is 0.229 e. The van der Waals surface area contributed by atoms with Gasteiger partial charge >= 0.3 is 0 Å².